The average molecular weight is 979 g/mol. The van der Waals surface area contributed by atoms with Crippen molar-refractivity contribution in [3.05, 3.63) is 24.3 Å². The van der Waals surface area contributed by atoms with Crippen LogP contribution in [0.2, 0.25) is 0 Å². The molecule has 6 N–H and O–H groups in total. The van der Waals surface area contributed by atoms with Gasteiger partial charge in [-0.05, 0) is 32.1 Å². The molecule has 0 aromatic carbocycles. The first kappa shape index (κ1) is 65.7. The number of amides is 1. The van der Waals surface area contributed by atoms with Gasteiger partial charge in [0.25, 0.3) is 0 Å². The minimum atomic E-state index is -1.57. The lowest BCUT2D eigenvalue weighted by atomic mass is 9.99. The third-order valence-electron chi connectivity index (χ3n) is 14.5. The third-order valence-corrected chi connectivity index (χ3v) is 14.5. The molecule has 1 amide bonds. The van der Waals surface area contributed by atoms with Crippen LogP contribution in [0.5, 0.6) is 0 Å². The summed E-state index contributed by atoms with van der Waals surface area (Å²) in [6.45, 7) is 3.81. The zero-order chi connectivity index (χ0) is 50.1. The Morgan fingerprint density at radius 3 is 1.22 bits per heavy atom. The Hall–Kier alpha value is -1.33. The minimum absolute atomic E-state index is 0.180. The van der Waals surface area contributed by atoms with E-state index in [2.05, 4.69) is 31.3 Å². The van der Waals surface area contributed by atoms with Gasteiger partial charge in [-0.25, -0.2) is 0 Å². The highest BCUT2D eigenvalue weighted by Crippen LogP contribution is 2.23. The van der Waals surface area contributed by atoms with Crippen molar-refractivity contribution in [3.8, 4) is 0 Å². The molecule has 1 aliphatic heterocycles. The second-order valence-electron chi connectivity index (χ2n) is 21.1. The van der Waals surface area contributed by atoms with E-state index < -0.39 is 49.5 Å². The van der Waals surface area contributed by atoms with Crippen molar-refractivity contribution in [1.82, 2.24) is 5.32 Å². The summed E-state index contributed by atoms with van der Waals surface area (Å²) in [6, 6.07) is -0.819. The first-order valence-corrected chi connectivity index (χ1v) is 30.1. The fourth-order valence-corrected chi connectivity index (χ4v) is 9.76. The van der Waals surface area contributed by atoms with Gasteiger partial charge in [0.05, 0.1) is 25.4 Å². The summed E-state index contributed by atoms with van der Waals surface area (Å²) >= 11 is 0. The summed E-state index contributed by atoms with van der Waals surface area (Å²) < 4.78 is 11.3. The molecule has 9 nitrogen and oxygen atoms in total. The topological polar surface area (TPSA) is 149 Å². The summed E-state index contributed by atoms with van der Waals surface area (Å²) in [5.74, 6) is -0.180. The Labute approximate surface area is 426 Å². The third kappa shape index (κ3) is 39.8. The quantitative estimate of drug-likeness (QED) is 0.0261. The van der Waals surface area contributed by atoms with Gasteiger partial charge in [0, 0.05) is 6.42 Å². The SMILES string of the molecule is CCCCCCCCCCCCCCCCCCCCC/C=C/CC/C=C/C(O)C(COC1OC(CO)C(O)C(O)C1O)NC(=O)CCCCCCCCCCCCCCCCCCCCCCC. The zero-order valence-electron chi connectivity index (χ0n) is 45.3. The van der Waals surface area contributed by atoms with Crippen molar-refractivity contribution < 1.29 is 39.8 Å². The lowest BCUT2D eigenvalue weighted by Gasteiger charge is -2.40. The van der Waals surface area contributed by atoms with Gasteiger partial charge in [-0.15, -0.1) is 0 Å². The molecule has 9 heteroatoms. The average Bonchev–Trinajstić information content (AvgIpc) is 3.35. The van der Waals surface area contributed by atoms with Crippen molar-refractivity contribution in [2.24, 2.45) is 0 Å². The summed E-state index contributed by atoms with van der Waals surface area (Å²) in [6.07, 6.45) is 56.8. The van der Waals surface area contributed by atoms with Gasteiger partial charge in [-0.1, -0.05) is 282 Å². The van der Waals surface area contributed by atoms with Gasteiger partial charge < -0.3 is 40.3 Å². The van der Waals surface area contributed by atoms with Crippen molar-refractivity contribution in [3.63, 3.8) is 0 Å². The molecule has 0 aromatic rings. The number of hydrogen-bond donors (Lipinski definition) is 6. The number of aliphatic hydroxyl groups excluding tert-OH is 5. The maximum absolute atomic E-state index is 13.1. The summed E-state index contributed by atoms with van der Waals surface area (Å²) in [7, 11) is 0. The van der Waals surface area contributed by atoms with Crippen LogP contribution in [0.1, 0.15) is 296 Å². The van der Waals surface area contributed by atoms with Gasteiger partial charge in [-0.3, -0.25) is 4.79 Å². The van der Waals surface area contributed by atoms with Crippen molar-refractivity contribution in [1.29, 1.82) is 0 Å². The zero-order valence-corrected chi connectivity index (χ0v) is 45.3. The molecule has 7 unspecified atom stereocenters. The van der Waals surface area contributed by atoms with Crippen LogP contribution in [0, 0.1) is 0 Å². The smallest absolute Gasteiger partial charge is 0.220 e. The second kappa shape index (κ2) is 50.2. The monoisotopic (exact) mass is 978 g/mol. The predicted molar refractivity (Wildman–Crippen MR) is 290 cm³/mol. The molecule has 1 saturated heterocycles. The van der Waals surface area contributed by atoms with Crippen LogP contribution >= 0.6 is 0 Å². The summed E-state index contributed by atoms with van der Waals surface area (Å²) in [5.41, 5.74) is 0. The van der Waals surface area contributed by atoms with E-state index in [1.54, 1.807) is 6.08 Å². The van der Waals surface area contributed by atoms with Crippen LogP contribution in [0.15, 0.2) is 24.3 Å². The number of nitrogens with one attached hydrogen (secondary N) is 1. The van der Waals surface area contributed by atoms with E-state index in [-0.39, 0.29) is 12.5 Å². The molecule has 0 spiro atoms. The van der Waals surface area contributed by atoms with E-state index in [9.17, 15) is 30.3 Å². The number of allylic oxidation sites excluding steroid dienone is 3. The van der Waals surface area contributed by atoms with Crippen LogP contribution in [0.3, 0.4) is 0 Å². The highest BCUT2D eigenvalue weighted by Gasteiger charge is 2.44. The molecule has 7 atom stereocenters. The summed E-state index contributed by atoms with van der Waals surface area (Å²) in [5, 5.41) is 54.5. The van der Waals surface area contributed by atoms with E-state index >= 15 is 0 Å². The number of ether oxygens (including phenoxy) is 2. The van der Waals surface area contributed by atoms with E-state index in [1.807, 2.05) is 6.08 Å². The lowest BCUT2D eigenvalue weighted by molar-refractivity contribution is -0.302. The van der Waals surface area contributed by atoms with Gasteiger partial charge in [0.15, 0.2) is 6.29 Å². The molecule has 408 valence electrons. The normalized spacial score (nSPS) is 19.6. The van der Waals surface area contributed by atoms with E-state index in [4.69, 9.17) is 9.47 Å². The van der Waals surface area contributed by atoms with Crippen LogP contribution in [-0.2, 0) is 14.3 Å². The van der Waals surface area contributed by atoms with Crippen molar-refractivity contribution in [2.45, 2.75) is 339 Å². The highest BCUT2D eigenvalue weighted by atomic mass is 16.7. The Kier molecular flexibility index (Phi) is 47.8. The molecule has 69 heavy (non-hydrogen) atoms. The number of rotatable bonds is 52. The Balaban J connectivity index is 2.22. The molecule has 1 fully saturated rings. The first-order chi connectivity index (χ1) is 33.8. The molecule has 0 saturated carbocycles. The van der Waals surface area contributed by atoms with Gasteiger partial charge in [0.2, 0.25) is 5.91 Å². The molecule has 1 aliphatic rings. The van der Waals surface area contributed by atoms with Crippen LogP contribution in [0.25, 0.3) is 0 Å². The van der Waals surface area contributed by atoms with Crippen molar-refractivity contribution in [2.75, 3.05) is 13.2 Å². The number of carbonyl (C=O) groups excluding carboxylic acids is 1. The fraction of sp³-hybridized carbons (Fsp3) is 0.917. The maximum Gasteiger partial charge on any atom is 0.220 e. The molecule has 1 rings (SSSR count). The lowest BCUT2D eigenvalue weighted by Crippen LogP contribution is -2.60. The molecule has 0 aromatic heterocycles. The maximum atomic E-state index is 13.1. The Bertz CT molecular complexity index is 1130. The Morgan fingerprint density at radius 2 is 0.826 bits per heavy atom. The standard InChI is InChI=1S/C60H115NO8/c1-3-5-7-9-11-13-15-17-19-21-23-25-26-27-28-30-31-33-35-37-39-41-43-45-47-49-54(63)53(52-68-60-59(67)58(66)57(65)55(51-62)69-60)61-56(64)50-48-46-44-42-40-38-36-34-32-29-24-22-20-18-16-14-12-10-8-6-4-2/h39,41,47,49,53-55,57-60,62-63,65-67H,3-38,40,42-46,48,50-52H2,1-2H3,(H,61,64)/b41-39+,49-47+. The van der Waals surface area contributed by atoms with Gasteiger partial charge >= 0.3 is 0 Å². The number of aliphatic hydroxyl groups is 5. The molecule has 0 aliphatic carbocycles. The largest absolute Gasteiger partial charge is 0.394 e. The van der Waals surface area contributed by atoms with Gasteiger partial charge in [0.1, 0.15) is 24.4 Å². The molecular weight excluding hydrogens is 863 g/mol. The van der Waals surface area contributed by atoms with E-state index in [1.165, 1.54) is 238 Å². The number of unbranched alkanes of at least 4 members (excludes halogenated alkanes) is 40. The number of hydrogen-bond acceptors (Lipinski definition) is 8. The van der Waals surface area contributed by atoms with Crippen molar-refractivity contribution >= 4 is 5.91 Å². The van der Waals surface area contributed by atoms with Crippen LogP contribution < -0.4 is 5.32 Å². The second-order valence-corrected chi connectivity index (χ2v) is 21.1. The molecular formula is C60H115NO8. The number of carbonyl (C=O) groups is 1. The highest BCUT2D eigenvalue weighted by molar-refractivity contribution is 5.76. The predicted octanol–water partition coefficient (Wildman–Crippen LogP) is 15.0. The van der Waals surface area contributed by atoms with Crippen LogP contribution in [-0.4, -0.2) is 87.5 Å². The van der Waals surface area contributed by atoms with E-state index in [0.717, 1.165) is 38.5 Å². The molecule has 0 radical (unpaired) electrons. The minimum Gasteiger partial charge on any atom is -0.394 e. The Morgan fingerprint density at radius 1 is 0.478 bits per heavy atom. The first-order valence-electron chi connectivity index (χ1n) is 30.1. The van der Waals surface area contributed by atoms with Crippen LogP contribution in [0.4, 0.5) is 0 Å². The van der Waals surface area contributed by atoms with Gasteiger partial charge in [-0.2, -0.15) is 0 Å². The fourth-order valence-electron chi connectivity index (χ4n) is 9.76. The molecule has 0 bridgehead atoms. The molecule has 1 heterocycles. The summed E-state index contributed by atoms with van der Waals surface area (Å²) in [4.78, 5) is 13.1. The van der Waals surface area contributed by atoms with E-state index in [0.29, 0.717) is 6.42 Å².